The maximum atomic E-state index is 14.0. The van der Waals surface area contributed by atoms with Crippen LogP contribution in [-0.4, -0.2) is 69.3 Å². The monoisotopic (exact) mass is 476 g/mol. The van der Waals surface area contributed by atoms with Crippen LogP contribution in [0, 0.1) is 12.7 Å². The average molecular weight is 477 g/mol. The molecule has 2 aromatic rings. The van der Waals surface area contributed by atoms with E-state index in [-0.39, 0.29) is 10.5 Å². The molecule has 0 spiro atoms. The summed E-state index contributed by atoms with van der Waals surface area (Å²) < 4.78 is 41.6. The maximum absolute atomic E-state index is 14.0. The van der Waals surface area contributed by atoms with Gasteiger partial charge < -0.3 is 15.1 Å². The van der Waals surface area contributed by atoms with Gasteiger partial charge in [-0.25, -0.2) is 12.8 Å². The number of hydrogen-bond acceptors (Lipinski definition) is 5. The summed E-state index contributed by atoms with van der Waals surface area (Å²) in [5.41, 5.74) is 1.79. The van der Waals surface area contributed by atoms with Gasteiger partial charge in [-0.15, -0.1) is 0 Å². The molecule has 1 fully saturated rings. The largest absolute Gasteiger partial charge is 0.367 e. The van der Waals surface area contributed by atoms with E-state index >= 15 is 0 Å². The van der Waals surface area contributed by atoms with Crippen LogP contribution < -0.4 is 10.2 Å². The predicted molar refractivity (Wildman–Crippen MR) is 130 cm³/mol. The number of halogens is 1. The summed E-state index contributed by atoms with van der Waals surface area (Å²) in [7, 11) is -3.70. The summed E-state index contributed by atoms with van der Waals surface area (Å²) in [6, 6.07) is 9.17. The summed E-state index contributed by atoms with van der Waals surface area (Å²) in [6.07, 6.45) is 0. The van der Waals surface area contributed by atoms with Gasteiger partial charge in [0, 0.05) is 44.8 Å². The smallest absolute Gasteiger partial charge is 0.255 e. The van der Waals surface area contributed by atoms with Crippen molar-refractivity contribution in [1.29, 1.82) is 0 Å². The zero-order valence-electron chi connectivity index (χ0n) is 19.8. The molecule has 0 saturated carbocycles. The second-order valence-corrected chi connectivity index (χ2v) is 10.0. The molecule has 0 unspecified atom stereocenters. The Balaban J connectivity index is 1.99. The number of amides is 1. The molecular formula is C24H33FN4O3S. The van der Waals surface area contributed by atoms with Gasteiger partial charge in [0.15, 0.2) is 0 Å². The number of rotatable bonds is 8. The quantitative estimate of drug-likeness (QED) is 0.631. The maximum Gasteiger partial charge on any atom is 0.255 e. The number of nitrogens with one attached hydrogen (secondary N) is 1. The number of anilines is 2. The van der Waals surface area contributed by atoms with Crippen LogP contribution in [-0.2, 0) is 10.0 Å². The molecule has 0 aliphatic carbocycles. The number of likely N-dealkylation sites (N-methyl/N-ethyl adjacent to an activating group) is 1. The van der Waals surface area contributed by atoms with Crippen molar-refractivity contribution in [1.82, 2.24) is 9.21 Å². The molecule has 1 aliphatic heterocycles. The van der Waals surface area contributed by atoms with Gasteiger partial charge in [-0.3, -0.25) is 4.79 Å². The zero-order valence-corrected chi connectivity index (χ0v) is 20.6. The van der Waals surface area contributed by atoms with Crippen LogP contribution in [0.4, 0.5) is 15.8 Å². The summed E-state index contributed by atoms with van der Waals surface area (Å²) in [5, 5.41) is 2.84. The van der Waals surface area contributed by atoms with Gasteiger partial charge in [-0.05, 0) is 49.4 Å². The molecule has 0 atom stereocenters. The van der Waals surface area contributed by atoms with E-state index in [1.165, 1.54) is 16.4 Å². The summed E-state index contributed by atoms with van der Waals surface area (Å²) in [4.78, 5) is 17.6. The van der Waals surface area contributed by atoms with Crippen LogP contribution in [0.2, 0.25) is 0 Å². The Bertz CT molecular complexity index is 1090. The topological polar surface area (TPSA) is 73.0 Å². The van der Waals surface area contributed by atoms with E-state index in [2.05, 4.69) is 22.0 Å². The standard InChI is InChI=1S/C24H33FN4O3S/c1-5-27-12-14-28(15-13-27)23-11-10-20(33(31,32)29(6-2)7-3)17-22(23)26-24(30)19-9-8-18(4)21(25)16-19/h8-11,16-17H,5-7,12-15H2,1-4H3,(H,26,30). The highest BCUT2D eigenvalue weighted by atomic mass is 32.2. The van der Waals surface area contributed by atoms with E-state index in [0.717, 1.165) is 38.4 Å². The number of hydrogen-bond donors (Lipinski definition) is 1. The van der Waals surface area contributed by atoms with Gasteiger partial charge in [0.1, 0.15) is 5.82 Å². The van der Waals surface area contributed by atoms with Crippen LogP contribution in [0.3, 0.4) is 0 Å². The molecule has 1 N–H and O–H groups in total. The highest BCUT2D eigenvalue weighted by Crippen LogP contribution is 2.31. The molecular weight excluding hydrogens is 443 g/mol. The Kier molecular flexibility index (Phi) is 8.10. The Morgan fingerprint density at radius 3 is 2.27 bits per heavy atom. The lowest BCUT2D eigenvalue weighted by atomic mass is 10.1. The van der Waals surface area contributed by atoms with E-state index in [1.807, 2.05) is 0 Å². The molecule has 9 heteroatoms. The Morgan fingerprint density at radius 2 is 1.70 bits per heavy atom. The second-order valence-electron chi connectivity index (χ2n) is 8.11. The first-order chi connectivity index (χ1) is 15.7. The minimum Gasteiger partial charge on any atom is -0.367 e. The molecule has 7 nitrogen and oxygen atoms in total. The van der Waals surface area contributed by atoms with Crippen LogP contribution in [0.15, 0.2) is 41.3 Å². The second kappa shape index (κ2) is 10.6. The number of carbonyl (C=O) groups is 1. The summed E-state index contributed by atoms with van der Waals surface area (Å²) in [6.45, 7) is 12.3. The number of carbonyl (C=O) groups excluding carboxylic acids is 1. The van der Waals surface area contributed by atoms with Crippen LogP contribution in [0.5, 0.6) is 0 Å². The van der Waals surface area contributed by atoms with E-state index < -0.39 is 21.7 Å². The molecule has 180 valence electrons. The van der Waals surface area contributed by atoms with Crippen molar-refractivity contribution in [3.63, 3.8) is 0 Å². The fourth-order valence-corrected chi connectivity index (χ4v) is 5.48. The van der Waals surface area contributed by atoms with Gasteiger partial charge in [-0.1, -0.05) is 26.8 Å². The van der Waals surface area contributed by atoms with Gasteiger partial charge in [0.2, 0.25) is 10.0 Å². The first-order valence-electron chi connectivity index (χ1n) is 11.4. The lowest BCUT2D eigenvalue weighted by Gasteiger charge is -2.36. The predicted octanol–water partition coefficient (Wildman–Crippen LogP) is 3.56. The molecule has 1 heterocycles. The van der Waals surface area contributed by atoms with Crippen molar-refractivity contribution in [3.8, 4) is 0 Å². The number of aryl methyl sites for hydroxylation is 1. The molecule has 3 rings (SSSR count). The van der Waals surface area contributed by atoms with Crippen molar-refractivity contribution >= 4 is 27.3 Å². The molecule has 1 aliphatic rings. The van der Waals surface area contributed by atoms with Crippen LogP contribution in [0.25, 0.3) is 0 Å². The third-order valence-corrected chi connectivity index (χ3v) is 8.20. The van der Waals surface area contributed by atoms with Gasteiger partial charge in [0.25, 0.3) is 5.91 Å². The number of piperazine rings is 1. The van der Waals surface area contributed by atoms with Crippen molar-refractivity contribution in [2.24, 2.45) is 0 Å². The lowest BCUT2D eigenvalue weighted by molar-refractivity contribution is 0.102. The Hall–Kier alpha value is -2.49. The third-order valence-electron chi connectivity index (χ3n) is 6.15. The van der Waals surface area contributed by atoms with Gasteiger partial charge in [0.05, 0.1) is 16.3 Å². The lowest BCUT2D eigenvalue weighted by Crippen LogP contribution is -2.46. The average Bonchev–Trinajstić information content (AvgIpc) is 2.81. The first-order valence-corrected chi connectivity index (χ1v) is 12.8. The molecule has 0 aromatic heterocycles. The number of benzene rings is 2. The van der Waals surface area contributed by atoms with Gasteiger partial charge in [-0.2, -0.15) is 4.31 Å². The molecule has 2 aromatic carbocycles. The van der Waals surface area contributed by atoms with Crippen LogP contribution >= 0.6 is 0 Å². The molecule has 1 saturated heterocycles. The zero-order chi connectivity index (χ0) is 24.2. The molecule has 1 amide bonds. The highest BCUT2D eigenvalue weighted by Gasteiger charge is 2.25. The van der Waals surface area contributed by atoms with Crippen molar-refractivity contribution in [2.75, 3.05) is 56.0 Å². The third kappa shape index (κ3) is 5.54. The number of sulfonamides is 1. The van der Waals surface area contributed by atoms with Gasteiger partial charge >= 0.3 is 0 Å². The van der Waals surface area contributed by atoms with E-state index in [0.29, 0.717) is 24.3 Å². The minimum atomic E-state index is -3.70. The minimum absolute atomic E-state index is 0.118. The fourth-order valence-electron chi connectivity index (χ4n) is 4.00. The molecule has 0 radical (unpaired) electrons. The van der Waals surface area contributed by atoms with Crippen molar-refractivity contribution in [2.45, 2.75) is 32.6 Å². The summed E-state index contributed by atoms with van der Waals surface area (Å²) in [5.74, 6) is -0.948. The van der Waals surface area contributed by atoms with E-state index in [1.54, 1.807) is 45.0 Å². The first kappa shape index (κ1) is 25.1. The Labute approximate surface area is 196 Å². The van der Waals surface area contributed by atoms with Crippen LogP contribution in [0.1, 0.15) is 36.7 Å². The molecule has 33 heavy (non-hydrogen) atoms. The normalized spacial score (nSPS) is 15.2. The SMILES string of the molecule is CCN1CCN(c2ccc(S(=O)(=O)N(CC)CC)cc2NC(=O)c2ccc(C)c(F)c2)CC1. The van der Waals surface area contributed by atoms with Crippen molar-refractivity contribution in [3.05, 3.63) is 53.3 Å². The van der Waals surface area contributed by atoms with E-state index in [4.69, 9.17) is 0 Å². The van der Waals surface area contributed by atoms with Crippen molar-refractivity contribution < 1.29 is 17.6 Å². The highest BCUT2D eigenvalue weighted by molar-refractivity contribution is 7.89. The summed E-state index contributed by atoms with van der Waals surface area (Å²) >= 11 is 0. The Morgan fingerprint density at radius 1 is 1.03 bits per heavy atom. The fraction of sp³-hybridized carbons (Fsp3) is 0.458. The van der Waals surface area contributed by atoms with E-state index in [9.17, 15) is 17.6 Å². The molecule has 0 bridgehead atoms. The number of nitrogens with zero attached hydrogens (tertiary/aromatic N) is 3.